The molecule has 0 fully saturated rings. The second kappa shape index (κ2) is 5.25. The zero-order valence-electron chi connectivity index (χ0n) is 9.58. The molecule has 0 heterocycles. The first-order valence-corrected chi connectivity index (χ1v) is 5.03. The number of aliphatic carboxylic acids is 1. The van der Waals surface area contributed by atoms with Crippen LogP contribution >= 0.6 is 0 Å². The number of carboxylic acid groups (broad SMARTS) is 1. The van der Waals surface area contributed by atoms with Crippen molar-refractivity contribution in [2.75, 3.05) is 0 Å². The maximum absolute atomic E-state index is 13.0. The molecule has 2 N–H and O–H groups in total. The van der Waals surface area contributed by atoms with Crippen LogP contribution in [-0.2, 0) is 11.0 Å². The van der Waals surface area contributed by atoms with Crippen molar-refractivity contribution in [1.82, 2.24) is 5.32 Å². The van der Waals surface area contributed by atoms with Crippen LogP contribution < -0.4 is 5.32 Å². The van der Waals surface area contributed by atoms with Gasteiger partial charge in [0.2, 0.25) is 0 Å². The highest BCUT2D eigenvalue weighted by Crippen LogP contribution is 2.31. The van der Waals surface area contributed by atoms with Gasteiger partial charge in [0.25, 0.3) is 5.91 Å². The second-order valence-electron chi connectivity index (χ2n) is 3.73. The summed E-state index contributed by atoms with van der Waals surface area (Å²) in [7, 11) is 0. The molecule has 0 saturated heterocycles. The van der Waals surface area contributed by atoms with Crippen molar-refractivity contribution in [2.45, 2.75) is 19.1 Å². The maximum atomic E-state index is 13.0. The molecule has 1 amide bonds. The fraction of sp³-hybridized carbons (Fsp3) is 0.273. The van der Waals surface area contributed by atoms with Crippen molar-refractivity contribution in [3.8, 4) is 0 Å². The fourth-order valence-electron chi connectivity index (χ4n) is 1.23. The lowest BCUT2D eigenvalue weighted by molar-refractivity contribution is -0.140. The summed E-state index contributed by atoms with van der Waals surface area (Å²) in [6.07, 6.45) is -4.93. The van der Waals surface area contributed by atoms with Gasteiger partial charge in [0, 0.05) is 5.56 Å². The Bertz CT molecular complexity index is 513. The molecule has 19 heavy (non-hydrogen) atoms. The van der Waals surface area contributed by atoms with Gasteiger partial charge >= 0.3 is 12.1 Å². The summed E-state index contributed by atoms with van der Waals surface area (Å²) in [5, 5.41) is 10.5. The third-order valence-corrected chi connectivity index (χ3v) is 2.25. The summed E-state index contributed by atoms with van der Waals surface area (Å²) >= 11 is 0. The number of halogens is 4. The number of carbonyl (C=O) groups is 2. The van der Waals surface area contributed by atoms with Gasteiger partial charge in [-0.2, -0.15) is 13.2 Å². The average Bonchev–Trinajstić information content (AvgIpc) is 2.27. The van der Waals surface area contributed by atoms with Crippen LogP contribution in [0.1, 0.15) is 22.8 Å². The van der Waals surface area contributed by atoms with Crippen LogP contribution in [0.4, 0.5) is 17.6 Å². The monoisotopic (exact) mass is 279 g/mol. The molecule has 0 aromatic heterocycles. The van der Waals surface area contributed by atoms with Crippen molar-refractivity contribution in [2.24, 2.45) is 0 Å². The smallest absolute Gasteiger partial charge is 0.419 e. The van der Waals surface area contributed by atoms with Gasteiger partial charge in [-0.15, -0.1) is 0 Å². The first-order chi connectivity index (χ1) is 8.62. The highest BCUT2D eigenvalue weighted by Gasteiger charge is 2.34. The molecule has 8 heteroatoms. The molecule has 0 aliphatic rings. The zero-order valence-corrected chi connectivity index (χ0v) is 9.58. The third-order valence-electron chi connectivity index (χ3n) is 2.25. The standard InChI is InChI=1S/C11H9F4NO3/c1-5(10(18)19)16-9(17)6-2-3-8(12)7(4-6)11(13,14)15/h2-5H,1H3,(H,16,17)(H,18,19). The van der Waals surface area contributed by atoms with E-state index in [1.165, 1.54) is 0 Å². The SMILES string of the molecule is CC(NC(=O)c1ccc(F)c(C(F)(F)F)c1)C(=O)O. The first kappa shape index (κ1) is 14.9. The number of amides is 1. The molecule has 0 saturated carbocycles. The van der Waals surface area contributed by atoms with Crippen LogP contribution in [0.2, 0.25) is 0 Å². The van der Waals surface area contributed by atoms with Crippen molar-refractivity contribution in [3.63, 3.8) is 0 Å². The van der Waals surface area contributed by atoms with Crippen molar-refractivity contribution in [1.29, 1.82) is 0 Å². The number of hydrogen-bond acceptors (Lipinski definition) is 2. The molecule has 1 rings (SSSR count). The predicted octanol–water partition coefficient (Wildman–Crippen LogP) is 2.05. The number of benzene rings is 1. The minimum absolute atomic E-state index is 0.333. The second-order valence-corrected chi connectivity index (χ2v) is 3.73. The van der Waals surface area contributed by atoms with E-state index in [1.807, 2.05) is 5.32 Å². The Kier molecular flexibility index (Phi) is 4.13. The first-order valence-electron chi connectivity index (χ1n) is 5.03. The summed E-state index contributed by atoms with van der Waals surface area (Å²) in [4.78, 5) is 22.0. The summed E-state index contributed by atoms with van der Waals surface area (Å²) < 4.78 is 50.2. The van der Waals surface area contributed by atoms with Gasteiger partial charge in [0.1, 0.15) is 11.9 Å². The van der Waals surface area contributed by atoms with Gasteiger partial charge < -0.3 is 10.4 Å². The van der Waals surface area contributed by atoms with E-state index in [0.717, 1.165) is 13.0 Å². The van der Waals surface area contributed by atoms with E-state index in [1.54, 1.807) is 0 Å². The van der Waals surface area contributed by atoms with E-state index >= 15 is 0 Å². The quantitative estimate of drug-likeness (QED) is 0.832. The highest BCUT2D eigenvalue weighted by atomic mass is 19.4. The molecule has 1 unspecified atom stereocenters. The van der Waals surface area contributed by atoms with Gasteiger partial charge in [-0.25, -0.2) is 4.39 Å². The van der Waals surface area contributed by atoms with Crippen LogP contribution in [0, 0.1) is 5.82 Å². The van der Waals surface area contributed by atoms with Crippen LogP contribution in [0.15, 0.2) is 18.2 Å². The Morgan fingerprint density at radius 3 is 2.37 bits per heavy atom. The van der Waals surface area contributed by atoms with Gasteiger partial charge in [-0.3, -0.25) is 9.59 Å². The lowest BCUT2D eigenvalue weighted by atomic mass is 10.1. The number of carbonyl (C=O) groups excluding carboxylic acids is 1. The number of alkyl halides is 3. The van der Waals surface area contributed by atoms with E-state index in [-0.39, 0.29) is 0 Å². The van der Waals surface area contributed by atoms with Gasteiger partial charge in [-0.1, -0.05) is 0 Å². The Balaban J connectivity index is 3.03. The third kappa shape index (κ3) is 3.67. The lowest BCUT2D eigenvalue weighted by Crippen LogP contribution is -2.38. The summed E-state index contributed by atoms with van der Waals surface area (Å²) in [5.74, 6) is -3.87. The maximum Gasteiger partial charge on any atom is 0.419 e. The normalized spacial score (nSPS) is 12.9. The fourth-order valence-corrected chi connectivity index (χ4v) is 1.23. The van der Waals surface area contributed by atoms with Gasteiger partial charge in [0.15, 0.2) is 0 Å². The molecule has 4 nitrogen and oxygen atoms in total. The molecule has 0 bridgehead atoms. The number of carboxylic acids is 1. The minimum atomic E-state index is -4.93. The van der Waals surface area contributed by atoms with Crippen LogP contribution in [-0.4, -0.2) is 23.0 Å². The van der Waals surface area contributed by atoms with E-state index in [2.05, 4.69) is 0 Å². The predicted molar refractivity (Wildman–Crippen MR) is 56.0 cm³/mol. The lowest BCUT2D eigenvalue weighted by Gasteiger charge is -2.12. The molecule has 0 radical (unpaired) electrons. The van der Waals surface area contributed by atoms with Gasteiger partial charge in [0.05, 0.1) is 5.56 Å². The molecular formula is C11H9F4NO3. The number of hydrogen-bond donors (Lipinski definition) is 2. The van der Waals surface area contributed by atoms with Crippen molar-refractivity contribution < 1.29 is 32.3 Å². The number of nitrogens with one attached hydrogen (secondary N) is 1. The van der Waals surface area contributed by atoms with E-state index < -0.39 is 41.0 Å². The molecule has 1 atom stereocenters. The summed E-state index contributed by atoms with van der Waals surface area (Å²) in [6.45, 7) is 1.15. The molecular weight excluding hydrogens is 270 g/mol. The van der Waals surface area contributed by atoms with Crippen molar-refractivity contribution in [3.05, 3.63) is 35.1 Å². The Labute approximate surface area is 105 Å². The van der Waals surface area contributed by atoms with E-state index in [4.69, 9.17) is 5.11 Å². The zero-order chi connectivity index (χ0) is 14.8. The molecule has 0 aliphatic carbocycles. The molecule has 0 spiro atoms. The van der Waals surface area contributed by atoms with Crippen LogP contribution in [0.5, 0.6) is 0 Å². The Hall–Kier alpha value is -2.12. The topological polar surface area (TPSA) is 66.4 Å². The molecule has 1 aromatic rings. The largest absolute Gasteiger partial charge is 0.480 e. The van der Waals surface area contributed by atoms with Crippen LogP contribution in [0.25, 0.3) is 0 Å². The van der Waals surface area contributed by atoms with Crippen LogP contribution in [0.3, 0.4) is 0 Å². The minimum Gasteiger partial charge on any atom is -0.480 e. The summed E-state index contributed by atoms with van der Waals surface area (Å²) in [6, 6.07) is 0.406. The number of rotatable bonds is 3. The van der Waals surface area contributed by atoms with E-state index in [9.17, 15) is 27.2 Å². The van der Waals surface area contributed by atoms with Crippen molar-refractivity contribution >= 4 is 11.9 Å². The average molecular weight is 279 g/mol. The van der Waals surface area contributed by atoms with Gasteiger partial charge in [-0.05, 0) is 25.1 Å². The Morgan fingerprint density at radius 1 is 1.32 bits per heavy atom. The highest BCUT2D eigenvalue weighted by molar-refractivity contribution is 5.96. The molecule has 0 aliphatic heterocycles. The Morgan fingerprint density at radius 2 is 1.89 bits per heavy atom. The summed E-state index contributed by atoms with van der Waals surface area (Å²) in [5.41, 5.74) is -2.05. The van der Waals surface area contributed by atoms with E-state index in [0.29, 0.717) is 12.1 Å². The molecule has 1 aromatic carbocycles. The molecule has 104 valence electrons.